The smallest absolute Gasteiger partial charge is 0.166 e. The van der Waals surface area contributed by atoms with E-state index in [-0.39, 0.29) is 5.84 Å². The number of nitrogens with zero attached hydrogens (tertiary/aromatic N) is 3. The number of aliphatic hydroxyl groups is 1. The summed E-state index contributed by atoms with van der Waals surface area (Å²) in [4.78, 5) is 10.5. The number of hydrogen-bond acceptors (Lipinski definition) is 4. The predicted molar refractivity (Wildman–Crippen MR) is 158 cm³/mol. The van der Waals surface area contributed by atoms with Crippen LogP contribution in [0.25, 0.3) is 0 Å². The molecule has 0 aromatic heterocycles. The van der Waals surface area contributed by atoms with Crippen LogP contribution in [-0.4, -0.2) is 35.0 Å². The van der Waals surface area contributed by atoms with Gasteiger partial charge in [-0.2, -0.15) is 0 Å². The second-order valence-electron chi connectivity index (χ2n) is 8.35. The number of aliphatic hydroxyl groups excluding tert-OH is 1. The first-order valence-electron chi connectivity index (χ1n) is 12.0. The Hall–Kier alpha value is -2.46. The fraction of sp³-hybridized carbons (Fsp3) is 0.286. The van der Waals surface area contributed by atoms with E-state index >= 15 is 0 Å². The highest BCUT2D eigenvalue weighted by molar-refractivity contribution is 14.1. The topological polar surface area (TPSA) is 83.4 Å². The molecule has 3 aromatic carbocycles. The van der Waals surface area contributed by atoms with E-state index in [1.165, 1.54) is 6.34 Å². The van der Waals surface area contributed by atoms with Crippen LogP contribution in [0.15, 0.2) is 76.7 Å². The summed E-state index contributed by atoms with van der Waals surface area (Å²) in [5.74, 6) is 1.62. The maximum Gasteiger partial charge on any atom is 0.166 e. The molecule has 0 fully saturated rings. The summed E-state index contributed by atoms with van der Waals surface area (Å²) in [6.07, 6.45) is 3.14. The zero-order valence-corrected chi connectivity index (χ0v) is 23.5. The second kappa shape index (κ2) is 14.3. The van der Waals surface area contributed by atoms with Crippen molar-refractivity contribution in [2.75, 3.05) is 6.54 Å². The number of aliphatic imine (C=N–C) groups is 2. The summed E-state index contributed by atoms with van der Waals surface area (Å²) in [7, 11) is 0. The molecule has 8 heteroatoms. The van der Waals surface area contributed by atoms with Crippen molar-refractivity contribution in [2.24, 2.45) is 15.7 Å². The molecule has 0 amide bonds. The lowest BCUT2D eigenvalue weighted by Gasteiger charge is -2.27. The molecule has 0 aliphatic heterocycles. The van der Waals surface area contributed by atoms with Gasteiger partial charge in [0.1, 0.15) is 23.7 Å². The first-order valence-corrected chi connectivity index (χ1v) is 13.4. The standard InChI is InChI=1S/C28H32ClIN4O2/c1-3-8-21-16-22(17-25(29)26(21)30)32-19-33-27(31)28(35)34(15-4-2)18-20-11-13-24(14-12-20)36-23-9-6-5-7-10-23/h5-7,9-14,16-17,19,28,35H,3-4,8,15,18H2,1-2H3,(H2,31,32,33). The largest absolute Gasteiger partial charge is 0.457 e. The second-order valence-corrected chi connectivity index (χ2v) is 9.84. The van der Waals surface area contributed by atoms with Gasteiger partial charge in [0.15, 0.2) is 6.23 Å². The monoisotopic (exact) mass is 618 g/mol. The molecule has 0 heterocycles. The van der Waals surface area contributed by atoms with Crippen molar-refractivity contribution < 1.29 is 9.84 Å². The highest BCUT2D eigenvalue weighted by Crippen LogP contribution is 2.29. The normalized spacial score (nSPS) is 12.9. The summed E-state index contributed by atoms with van der Waals surface area (Å²) in [5.41, 5.74) is 9.02. The number of nitrogens with two attached hydrogens (primary N) is 1. The Morgan fingerprint density at radius 1 is 1.08 bits per heavy atom. The molecule has 0 aliphatic rings. The van der Waals surface area contributed by atoms with Gasteiger partial charge in [0, 0.05) is 16.7 Å². The van der Waals surface area contributed by atoms with E-state index in [0.29, 0.717) is 23.8 Å². The first-order chi connectivity index (χ1) is 17.4. The molecule has 190 valence electrons. The summed E-state index contributed by atoms with van der Waals surface area (Å²) in [5, 5.41) is 11.5. The van der Waals surface area contributed by atoms with Crippen LogP contribution in [0, 0.1) is 3.57 Å². The fourth-order valence-electron chi connectivity index (χ4n) is 3.67. The predicted octanol–water partition coefficient (Wildman–Crippen LogP) is 6.94. The number of hydrogen-bond donors (Lipinski definition) is 2. The third-order valence-corrected chi connectivity index (χ3v) is 7.32. The van der Waals surface area contributed by atoms with E-state index in [2.05, 4.69) is 46.4 Å². The summed E-state index contributed by atoms with van der Waals surface area (Å²) in [6.45, 7) is 5.35. The van der Waals surface area contributed by atoms with E-state index in [1.807, 2.05) is 65.6 Å². The van der Waals surface area contributed by atoms with Crippen LogP contribution < -0.4 is 10.5 Å². The van der Waals surface area contributed by atoms with Crippen molar-refractivity contribution in [3.05, 3.63) is 86.4 Å². The van der Waals surface area contributed by atoms with Crippen molar-refractivity contribution in [1.29, 1.82) is 0 Å². The van der Waals surface area contributed by atoms with Crippen LogP contribution in [0.3, 0.4) is 0 Å². The van der Waals surface area contributed by atoms with Gasteiger partial charge in [0.05, 0.1) is 10.7 Å². The molecule has 0 spiro atoms. The van der Waals surface area contributed by atoms with Crippen molar-refractivity contribution >= 4 is 52.1 Å². The van der Waals surface area contributed by atoms with E-state index in [9.17, 15) is 5.11 Å². The zero-order chi connectivity index (χ0) is 25.9. The summed E-state index contributed by atoms with van der Waals surface area (Å²) in [6, 6.07) is 21.3. The molecular formula is C28H32ClIN4O2. The lowest BCUT2D eigenvalue weighted by Crippen LogP contribution is -2.44. The number of para-hydroxylation sites is 1. The molecule has 0 saturated carbocycles. The van der Waals surface area contributed by atoms with Crippen molar-refractivity contribution in [3.8, 4) is 11.5 Å². The van der Waals surface area contributed by atoms with E-state index in [4.69, 9.17) is 22.1 Å². The third kappa shape index (κ3) is 8.30. The Balaban J connectivity index is 1.66. The number of rotatable bonds is 12. The Morgan fingerprint density at radius 2 is 1.78 bits per heavy atom. The Morgan fingerprint density at radius 3 is 2.44 bits per heavy atom. The van der Waals surface area contributed by atoms with Gasteiger partial charge in [-0.3, -0.25) is 4.90 Å². The SMILES string of the molecule is CCCc1cc(N=CN=C(N)C(O)N(CCC)Cc2ccc(Oc3ccccc3)cc2)cc(Cl)c1I. The molecule has 36 heavy (non-hydrogen) atoms. The van der Waals surface area contributed by atoms with Gasteiger partial charge in [0.25, 0.3) is 0 Å². The molecule has 3 aromatic rings. The Bertz CT molecular complexity index is 1170. The summed E-state index contributed by atoms with van der Waals surface area (Å²) >= 11 is 8.61. The molecule has 6 nitrogen and oxygen atoms in total. The molecule has 3 N–H and O–H groups in total. The first kappa shape index (κ1) is 28.1. The van der Waals surface area contributed by atoms with Gasteiger partial charge in [-0.15, -0.1) is 0 Å². The number of halogens is 2. The molecule has 0 aliphatic carbocycles. The van der Waals surface area contributed by atoms with E-state index in [1.54, 1.807) is 6.07 Å². The van der Waals surface area contributed by atoms with E-state index in [0.717, 1.165) is 45.5 Å². The van der Waals surface area contributed by atoms with Crippen LogP contribution in [0.4, 0.5) is 5.69 Å². The number of benzene rings is 3. The molecule has 3 rings (SSSR count). The van der Waals surface area contributed by atoms with Gasteiger partial charge in [0.2, 0.25) is 0 Å². The minimum Gasteiger partial charge on any atom is -0.457 e. The average molecular weight is 619 g/mol. The van der Waals surface area contributed by atoms with Gasteiger partial charge < -0.3 is 15.6 Å². The van der Waals surface area contributed by atoms with Gasteiger partial charge >= 0.3 is 0 Å². The number of ether oxygens (including phenoxy) is 1. The number of amidine groups is 1. The van der Waals surface area contributed by atoms with Crippen molar-refractivity contribution in [1.82, 2.24) is 4.90 Å². The lowest BCUT2D eigenvalue weighted by molar-refractivity contribution is 0.0500. The Labute approximate surface area is 232 Å². The molecule has 0 saturated heterocycles. The van der Waals surface area contributed by atoms with Crippen molar-refractivity contribution in [2.45, 2.75) is 45.9 Å². The lowest BCUT2D eigenvalue weighted by atomic mass is 10.1. The van der Waals surface area contributed by atoms with Gasteiger partial charge in [-0.25, -0.2) is 9.98 Å². The highest BCUT2D eigenvalue weighted by atomic mass is 127. The molecular weight excluding hydrogens is 587 g/mol. The maximum absolute atomic E-state index is 10.9. The van der Waals surface area contributed by atoms with Gasteiger partial charge in [-0.1, -0.05) is 62.2 Å². The van der Waals surface area contributed by atoms with Crippen LogP contribution in [-0.2, 0) is 13.0 Å². The molecule has 0 radical (unpaired) electrons. The van der Waals surface area contributed by atoms with Crippen LogP contribution >= 0.6 is 34.2 Å². The fourth-order valence-corrected chi connectivity index (χ4v) is 4.48. The minimum atomic E-state index is -1.03. The average Bonchev–Trinajstić information content (AvgIpc) is 2.88. The van der Waals surface area contributed by atoms with Crippen LogP contribution in [0.5, 0.6) is 11.5 Å². The highest BCUT2D eigenvalue weighted by Gasteiger charge is 2.19. The van der Waals surface area contributed by atoms with Crippen LogP contribution in [0.2, 0.25) is 5.02 Å². The zero-order valence-electron chi connectivity index (χ0n) is 20.6. The molecule has 0 bridgehead atoms. The van der Waals surface area contributed by atoms with Crippen LogP contribution in [0.1, 0.15) is 37.8 Å². The quantitative estimate of drug-likeness (QED) is 0.0997. The third-order valence-electron chi connectivity index (χ3n) is 5.43. The Kier molecular flexibility index (Phi) is 11.2. The molecule has 1 unspecified atom stereocenters. The van der Waals surface area contributed by atoms with Gasteiger partial charge in [-0.05, 0) is 83.0 Å². The maximum atomic E-state index is 10.9. The minimum absolute atomic E-state index is 0.0848. The number of aryl methyl sites for hydroxylation is 1. The van der Waals surface area contributed by atoms with E-state index < -0.39 is 6.23 Å². The molecule has 1 atom stereocenters. The van der Waals surface area contributed by atoms with Crippen molar-refractivity contribution in [3.63, 3.8) is 0 Å². The summed E-state index contributed by atoms with van der Waals surface area (Å²) < 4.78 is 6.91.